The van der Waals surface area contributed by atoms with Gasteiger partial charge in [0.15, 0.2) is 0 Å². The molecule has 168 valence electrons. The van der Waals surface area contributed by atoms with E-state index in [9.17, 15) is 0 Å². The van der Waals surface area contributed by atoms with E-state index < -0.39 is 0 Å². The lowest BCUT2D eigenvalue weighted by atomic mass is 9.45. The van der Waals surface area contributed by atoms with E-state index >= 15 is 0 Å². The zero-order chi connectivity index (χ0) is 20.8. The number of hydrogen-bond acceptors (Lipinski definition) is 3. The second-order valence-corrected chi connectivity index (χ2v) is 11.5. The fourth-order valence-electron chi connectivity index (χ4n) is 8.49. The molecule has 0 aromatic carbocycles. The van der Waals surface area contributed by atoms with Gasteiger partial charge in [-0.2, -0.15) is 5.10 Å². The summed E-state index contributed by atoms with van der Waals surface area (Å²) in [6, 6.07) is 0. The highest BCUT2D eigenvalue weighted by molar-refractivity contribution is 5.25. The summed E-state index contributed by atoms with van der Waals surface area (Å²) >= 11 is 0. The van der Waals surface area contributed by atoms with Crippen LogP contribution in [-0.2, 0) is 17.6 Å². The van der Waals surface area contributed by atoms with E-state index in [0.29, 0.717) is 23.5 Å². The average molecular weight is 415 g/mol. The number of nitrogens with one attached hydrogen (secondary N) is 1. The number of ether oxygens (including phenoxy) is 1. The SMILES string of the molecule is C[C@]12Cc3cn[nH]c3C[C@@H]1CC[C@@H]1[C@@H]2CC[C@]2(C)[C@@H](OCCCCCCO)CC[C@@H]12. The summed E-state index contributed by atoms with van der Waals surface area (Å²) < 4.78 is 6.53. The molecule has 4 nitrogen and oxygen atoms in total. The van der Waals surface area contributed by atoms with Crippen molar-refractivity contribution < 1.29 is 9.84 Å². The zero-order valence-corrected chi connectivity index (χ0v) is 19.2. The molecule has 0 spiro atoms. The van der Waals surface area contributed by atoms with E-state index in [-0.39, 0.29) is 0 Å². The lowest BCUT2D eigenvalue weighted by Gasteiger charge is -2.60. The van der Waals surface area contributed by atoms with Crippen LogP contribution in [0.2, 0.25) is 0 Å². The van der Waals surface area contributed by atoms with Crippen molar-refractivity contribution in [3.8, 4) is 0 Å². The molecule has 4 aliphatic rings. The van der Waals surface area contributed by atoms with Gasteiger partial charge in [-0.25, -0.2) is 0 Å². The number of hydrogen-bond donors (Lipinski definition) is 2. The summed E-state index contributed by atoms with van der Waals surface area (Å²) in [6.07, 6.45) is 17.7. The smallest absolute Gasteiger partial charge is 0.0631 e. The number of nitrogens with zero attached hydrogens (tertiary/aromatic N) is 1. The van der Waals surface area contributed by atoms with Crippen LogP contribution in [0.3, 0.4) is 0 Å². The molecule has 0 saturated heterocycles. The van der Waals surface area contributed by atoms with Crippen LogP contribution in [0, 0.1) is 34.5 Å². The van der Waals surface area contributed by atoms with Crippen molar-refractivity contribution in [2.24, 2.45) is 34.5 Å². The van der Waals surface area contributed by atoms with Gasteiger partial charge in [-0.15, -0.1) is 0 Å². The third kappa shape index (κ3) is 3.37. The largest absolute Gasteiger partial charge is 0.396 e. The van der Waals surface area contributed by atoms with E-state index in [4.69, 9.17) is 9.84 Å². The average Bonchev–Trinajstić information content (AvgIpc) is 3.31. The molecule has 4 heteroatoms. The van der Waals surface area contributed by atoms with Crippen LogP contribution < -0.4 is 0 Å². The van der Waals surface area contributed by atoms with Crippen molar-refractivity contribution in [1.29, 1.82) is 0 Å². The number of fused-ring (bicyclic) bond motifs is 6. The van der Waals surface area contributed by atoms with Crippen LogP contribution in [0.5, 0.6) is 0 Å². The first-order valence-electron chi connectivity index (χ1n) is 12.8. The van der Waals surface area contributed by atoms with Crippen LogP contribution in [0.4, 0.5) is 0 Å². The molecule has 0 radical (unpaired) electrons. The second kappa shape index (κ2) is 8.24. The maximum absolute atomic E-state index is 8.95. The topological polar surface area (TPSA) is 58.1 Å². The standard InChI is InChI=1S/C26H42N2O2/c1-25-12-11-22-20(21(25)9-10-24(25)30-14-6-4-3-5-13-29)8-7-19-15-23-18(17-27-28-23)16-26(19,22)2/h17,19-22,24,29H,3-16H2,1-2H3,(H,27,28)/t19-,20-,21-,22-,24-,25-,26-/m0/s1. The van der Waals surface area contributed by atoms with Crippen LogP contribution in [0.15, 0.2) is 6.20 Å². The van der Waals surface area contributed by atoms with Crippen LogP contribution in [0.1, 0.15) is 89.3 Å². The molecular formula is C26H42N2O2. The normalized spacial score (nSPS) is 42.3. The highest BCUT2D eigenvalue weighted by atomic mass is 16.5. The lowest BCUT2D eigenvalue weighted by molar-refractivity contribution is -0.123. The Hall–Kier alpha value is -0.870. The highest BCUT2D eigenvalue weighted by Crippen LogP contribution is 2.65. The van der Waals surface area contributed by atoms with Gasteiger partial charge in [-0.1, -0.05) is 26.7 Å². The molecule has 0 bridgehead atoms. The third-order valence-corrected chi connectivity index (χ3v) is 10.2. The van der Waals surface area contributed by atoms with E-state index in [1.165, 1.54) is 69.0 Å². The molecule has 1 heterocycles. The summed E-state index contributed by atoms with van der Waals surface area (Å²) in [5.41, 5.74) is 3.78. The van der Waals surface area contributed by atoms with E-state index in [1.807, 2.05) is 0 Å². The molecule has 30 heavy (non-hydrogen) atoms. The number of unbranched alkanes of at least 4 members (excludes halogenated alkanes) is 3. The minimum Gasteiger partial charge on any atom is -0.396 e. The quantitative estimate of drug-likeness (QED) is 0.595. The molecule has 4 aliphatic carbocycles. The fraction of sp³-hybridized carbons (Fsp3) is 0.885. The summed E-state index contributed by atoms with van der Waals surface area (Å²) in [6.45, 7) is 6.44. The number of aliphatic hydroxyl groups is 1. The predicted molar refractivity (Wildman–Crippen MR) is 119 cm³/mol. The van der Waals surface area contributed by atoms with E-state index in [1.54, 1.807) is 0 Å². The van der Waals surface area contributed by atoms with Crippen molar-refractivity contribution in [2.75, 3.05) is 13.2 Å². The first-order valence-corrected chi connectivity index (χ1v) is 12.8. The molecule has 0 aliphatic heterocycles. The molecule has 1 aromatic heterocycles. The van der Waals surface area contributed by atoms with Gasteiger partial charge < -0.3 is 9.84 Å². The summed E-state index contributed by atoms with van der Waals surface area (Å²) in [7, 11) is 0. The van der Waals surface area contributed by atoms with Crippen LogP contribution in [-0.4, -0.2) is 34.6 Å². The Morgan fingerprint density at radius 3 is 2.73 bits per heavy atom. The van der Waals surface area contributed by atoms with Crippen molar-refractivity contribution >= 4 is 0 Å². The van der Waals surface area contributed by atoms with E-state index in [2.05, 4.69) is 30.2 Å². The lowest BCUT2D eigenvalue weighted by Crippen LogP contribution is -2.54. The number of aromatic nitrogens is 2. The van der Waals surface area contributed by atoms with Crippen molar-refractivity contribution in [3.63, 3.8) is 0 Å². The van der Waals surface area contributed by atoms with Gasteiger partial charge in [0.1, 0.15) is 0 Å². The molecule has 1 aromatic rings. The Bertz CT molecular complexity index is 732. The van der Waals surface area contributed by atoms with Gasteiger partial charge in [0.25, 0.3) is 0 Å². The van der Waals surface area contributed by atoms with Crippen molar-refractivity contribution in [3.05, 3.63) is 17.5 Å². The van der Waals surface area contributed by atoms with Crippen molar-refractivity contribution in [1.82, 2.24) is 10.2 Å². The number of aliphatic hydroxyl groups excluding tert-OH is 1. The molecule has 5 rings (SSSR count). The van der Waals surface area contributed by atoms with Crippen LogP contribution >= 0.6 is 0 Å². The fourth-order valence-corrected chi connectivity index (χ4v) is 8.49. The van der Waals surface area contributed by atoms with Gasteiger partial charge in [0.2, 0.25) is 0 Å². The van der Waals surface area contributed by atoms with Gasteiger partial charge >= 0.3 is 0 Å². The first kappa shape index (κ1) is 21.0. The molecule has 0 amide bonds. The third-order valence-electron chi connectivity index (χ3n) is 10.2. The number of H-pyrrole nitrogens is 1. The first-order chi connectivity index (χ1) is 14.6. The minimum atomic E-state index is 0.327. The van der Waals surface area contributed by atoms with Crippen molar-refractivity contribution in [2.45, 2.75) is 97.0 Å². The van der Waals surface area contributed by atoms with Gasteiger partial charge in [-0.05, 0) is 104 Å². The Kier molecular flexibility index (Phi) is 5.77. The molecular weight excluding hydrogens is 372 g/mol. The number of aromatic amines is 1. The molecule has 3 fully saturated rings. The Morgan fingerprint density at radius 1 is 1.03 bits per heavy atom. The molecule has 7 atom stereocenters. The predicted octanol–water partition coefficient (Wildman–Crippen LogP) is 5.31. The maximum atomic E-state index is 8.95. The maximum Gasteiger partial charge on any atom is 0.0631 e. The summed E-state index contributed by atoms with van der Waals surface area (Å²) in [4.78, 5) is 0. The monoisotopic (exact) mass is 414 g/mol. The van der Waals surface area contributed by atoms with Gasteiger partial charge in [0, 0.05) is 18.9 Å². The molecule has 0 unspecified atom stereocenters. The minimum absolute atomic E-state index is 0.327. The van der Waals surface area contributed by atoms with E-state index in [0.717, 1.165) is 49.5 Å². The van der Waals surface area contributed by atoms with Gasteiger partial charge in [-0.3, -0.25) is 5.10 Å². The Labute approximate surface area is 182 Å². The molecule has 2 N–H and O–H groups in total. The summed E-state index contributed by atoms with van der Waals surface area (Å²) in [5, 5.41) is 16.6. The van der Waals surface area contributed by atoms with Crippen LogP contribution in [0.25, 0.3) is 0 Å². The molecule has 3 saturated carbocycles. The number of rotatable bonds is 7. The Morgan fingerprint density at radius 2 is 1.87 bits per heavy atom. The summed E-state index contributed by atoms with van der Waals surface area (Å²) in [5.74, 6) is 3.48. The zero-order valence-electron chi connectivity index (χ0n) is 19.2. The highest BCUT2D eigenvalue weighted by Gasteiger charge is 2.60. The Balaban J connectivity index is 1.25. The second-order valence-electron chi connectivity index (χ2n) is 11.5. The van der Waals surface area contributed by atoms with Gasteiger partial charge in [0.05, 0.1) is 12.3 Å².